The minimum absolute atomic E-state index is 0.431. The van der Waals surface area contributed by atoms with Crippen molar-refractivity contribution in [1.82, 2.24) is 4.90 Å². The quantitative estimate of drug-likeness (QED) is 0.847. The zero-order valence-electron chi connectivity index (χ0n) is 11.5. The van der Waals surface area contributed by atoms with Crippen LogP contribution in [0.3, 0.4) is 0 Å². The molecule has 2 aliphatic rings. The molecule has 2 atom stereocenters. The van der Waals surface area contributed by atoms with Crippen molar-refractivity contribution in [3.05, 3.63) is 23.8 Å². The van der Waals surface area contributed by atoms with Crippen LogP contribution in [0.2, 0.25) is 0 Å². The van der Waals surface area contributed by atoms with E-state index in [0.29, 0.717) is 12.1 Å². The molecule has 1 aromatic carbocycles. The molecule has 104 valence electrons. The molecule has 1 aliphatic heterocycles. The van der Waals surface area contributed by atoms with Gasteiger partial charge in [-0.3, -0.25) is 4.90 Å². The molecule has 0 aromatic heterocycles. The molecule has 2 unspecified atom stereocenters. The molecule has 0 radical (unpaired) electrons. The number of methoxy groups -OCH3 is 1. The van der Waals surface area contributed by atoms with Crippen LogP contribution in [-0.2, 0) is 11.3 Å². The first-order valence-corrected chi connectivity index (χ1v) is 7.06. The highest BCUT2D eigenvalue weighted by atomic mass is 16.5. The number of nitrogens with zero attached hydrogens (tertiary/aromatic N) is 1. The summed E-state index contributed by atoms with van der Waals surface area (Å²) < 4.78 is 11.3. The summed E-state index contributed by atoms with van der Waals surface area (Å²) in [4.78, 5) is 2.53. The Morgan fingerprint density at radius 3 is 3.16 bits per heavy atom. The Morgan fingerprint density at radius 1 is 1.42 bits per heavy atom. The smallest absolute Gasteiger partial charge is 0.123 e. The van der Waals surface area contributed by atoms with Gasteiger partial charge in [0.2, 0.25) is 0 Å². The van der Waals surface area contributed by atoms with Crippen LogP contribution < -0.4 is 10.5 Å². The first-order chi connectivity index (χ1) is 9.28. The molecule has 1 saturated carbocycles. The van der Waals surface area contributed by atoms with Gasteiger partial charge in [-0.1, -0.05) is 0 Å². The number of morpholine rings is 1. The van der Waals surface area contributed by atoms with Crippen molar-refractivity contribution >= 4 is 5.69 Å². The van der Waals surface area contributed by atoms with E-state index in [4.69, 9.17) is 15.2 Å². The summed E-state index contributed by atoms with van der Waals surface area (Å²) in [7, 11) is 1.71. The maximum absolute atomic E-state index is 5.90. The lowest BCUT2D eigenvalue weighted by atomic mass is 10.1. The van der Waals surface area contributed by atoms with E-state index in [9.17, 15) is 0 Å². The maximum Gasteiger partial charge on any atom is 0.123 e. The highest BCUT2D eigenvalue weighted by Crippen LogP contribution is 2.32. The molecule has 1 saturated heterocycles. The van der Waals surface area contributed by atoms with Gasteiger partial charge < -0.3 is 15.2 Å². The van der Waals surface area contributed by atoms with Crippen LogP contribution in [0, 0.1) is 0 Å². The van der Waals surface area contributed by atoms with Gasteiger partial charge in [-0.15, -0.1) is 0 Å². The Labute approximate surface area is 114 Å². The Kier molecular flexibility index (Phi) is 3.62. The molecular formula is C15H22N2O2. The van der Waals surface area contributed by atoms with Crippen LogP contribution in [0.15, 0.2) is 18.2 Å². The van der Waals surface area contributed by atoms with E-state index in [2.05, 4.69) is 4.90 Å². The van der Waals surface area contributed by atoms with Crippen LogP contribution in [0.4, 0.5) is 5.69 Å². The van der Waals surface area contributed by atoms with Gasteiger partial charge in [0.05, 0.1) is 19.8 Å². The third-order valence-corrected chi connectivity index (χ3v) is 4.28. The molecule has 1 heterocycles. The van der Waals surface area contributed by atoms with Gasteiger partial charge in [-0.2, -0.15) is 0 Å². The van der Waals surface area contributed by atoms with Crippen molar-refractivity contribution in [2.24, 2.45) is 0 Å². The molecule has 1 aliphatic carbocycles. The van der Waals surface area contributed by atoms with Gasteiger partial charge in [0.25, 0.3) is 0 Å². The summed E-state index contributed by atoms with van der Waals surface area (Å²) in [6.07, 6.45) is 4.16. The lowest BCUT2D eigenvalue weighted by molar-refractivity contribution is -0.0589. The second-order valence-electron chi connectivity index (χ2n) is 5.45. The maximum atomic E-state index is 5.90. The van der Waals surface area contributed by atoms with Gasteiger partial charge in [-0.25, -0.2) is 0 Å². The van der Waals surface area contributed by atoms with Gasteiger partial charge in [0.15, 0.2) is 0 Å². The average Bonchev–Trinajstić information content (AvgIpc) is 2.88. The molecular weight excluding hydrogens is 240 g/mol. The fourth-order valence-electron chi connectivity index (χ4n) is 3.34. The average molecular weight is 262 g/mol. The highest BCUT2D eigenvalue weighted by Gasteiger charge is 2.36. The van der Waals surface area contributed by atoms with Crippen molar-refractivity contribution in [2.45, 2.75) is 38.0 Å². The van der Waals surface area contributed by atoms with Crippen molar-refractivity contribution < 1.29 is 9.47 Å². The van der Waals surface area contributed by atoms with E-state index >= 15 is 0 Å². The van der Waals surface area contributed by atoms with Gasteiger partial charge in [0.1, 0.15) is 5.75 Å². The van der Waals surface area contributed by atoms with Crippen LogP contribution >= 0.6 is 0 Å². The topological polar surface area (TPSA) is 47.7 Å². The molecule has 1 aromatic rings. The Bertz CT molecular complexity index is 450. The van der Waals surface area contributed by atoms with Crippen LogP contribution in [0.25, 0.3) is 0 Å². The number of hydrogen-bond donors (Lipinski definition) is 1. The van der Waals surface area contributed by atoms with Crippen LogP contribution in [-0.4, -0.2) is 37.3 Å². The van der Waals surface area contributed by atoms with Gasteiger partial charge >= 0.3 is 0 Å². The van der Waals surface area contributed by atoms with Crippen molar-refractivity contribution in [1.29, 1.82) is 0 Å². The number of hydrogen-bond acceptors (Lipinski definition) is 4. The first kappa shape index (κ1) is 12.8. The Morgan fingerprint density at radius 2 is 2.32 bits per heavy atom. The number of anilines is 1. The Balaban J connectivity index is 1.78. The molecule has 19 heavy (non-hydrogen) atoms. The lowest BCUT2D eigenvalue weighted by Crippen LogP contribution is -2.47. The molecule has 0 amide bonds. The predicted molar refractivity (Wildman–Crippen MR) is 75.2 cm³/mol. The van der Waals surface area contributed by atoms with E-state index in [1.54, 1.807) is 7.11 Å². The zero-order valence-corrected chi connectivity index (χ0v) is 11.5. The van der Waals surface area contributed by atoms with E-state index in [-0.39, 0.29) is 0 Å². The molecule has 0 bridgehead atoms. The number of fused-ring (bicyclic) bond motifs is 1. The molecule has 0 spiro atoms. The normalized spacial score (nSPS) is 27.2. The van der Waals surface area contributed by atoms with Gasteiger partial charge in [0, 0.05) is 30.4 Å². The highest BCUT2D eigenvalue weighted by molar-refractivity contribution is 5.47. The molecule has 4 heteroatoms. The van der Waals surface area contributed by atoms with E-state index in [0.717, 1.165) is 31.1 Å². The number of benzene rings is 1. The number of rotatable bonds is 3. The first-order valence-electron chi connectivity index (χ1n) is 7.06. The second-order valence-corrected chi connectivity index (χ2v) is 5.45. The summed E-state index contributed by atoms with van der Waals surface area (Å²) >= 11 is 0. The molecule has 3 rings (SSSR count). The van der Waals surface area contributed by atoms with E-state index in [1.165, 1.54) is 24.8 Å². The van der Waals surface area contributed by atoms with E-state index < -0.39 is 0 Å². The van der Waals surface area contributed by atoms with Crippen molar-refractivity contribution in [3.8, 4) is 5.75 Å². The summed E-state index contributed by atoms with van der Waals surface area (Å²) in [6.45, 7) is 2.74. The summed E-state index contributed by atoms with van der Waals surface area (Å²) in [5.74, 6) is 0.926. The summed E-state index contributed by atoms with van der Waals surface area (Å²) in [5, 5.41) is 0. The SMILES string of the molecule is COc1ccc(N)cc1CN1CCOC2CCCC21. The minimum atomic E-state index is 0.431. The molecule has 2 fully saturated rings. The number of nitrogen functional groups attached to an aromatic ring is 1. The van der Waals surface area contributed by atoms with Crippen LogP contribution in [0.1, 0.15) is 24.8 Å². The third kappa shape index (κ3) is 2.55. The summed E-state index contributed by atoms with van der Waals surface area (Å²) in [6, 6.07) is 6.44. The lowest BCUT2D eigenvalue weighted by Gasteiger charge is -2.37. The minimum Gasteiger partial charge on any atom is -0.496 e. The Hall–Kier alpha value is -1.26. The van der Waals surface area contributed by atoms with E-state index in [1.807, 2.05) is 18.2 Å². The molecule has 2 N–H and O–H groups in total. The van der Waals surface area contributed by atoms with Crippen molar-refractivity contribution in [3.63, 3.8) is 0 Å². The number of ether oxygens (including phenoxy) is 2. The standard InChI is InChI=1S/C15H22N2O2/c1-18-14-6-5-12(16)9-11(14)10-17-7-8-19-15-4-2-3-13(15)17/h5-6,9,13,15H,2-4,7-8,10,16H2,1H3. The van der Waals surface area contributed by atoms with Gasteiger partial charge in [-0.05, 0) is 37.5 Å². The monoisotopic (exact) mass is 262 g/mol. The predicted octanol–water partition coefficient (Wildman–Crippen LogP) is 2.03. The molecule has 4 nitrogen and oxygen atoms in total. The number of nitrogens with two attached hydrogens (primary N) is 1. The van der Waals surface area contributed by atoms with Crippen molar-refractivity contribution in [2.75, 3.05) is 26.0 Å². The fraction of sp³-hybridized carbons (Fsp3) is 0.600. The largest absolute Gasteiger partial charge is 0.496 e. The summed E-state index contributed by atoms with van der Waals surface area (Å²) in [5.41, 5.74) is 7.87. The second kappa shape index (κ2) is 5.39. The van der Waals surface area contributed by atoms with Crippen LogP contribution in [0.5, 0.6) is 5.75 Å². The fourth-order valence-corrected chi connectivity index (χ4v) is 3.34. The third-order valence-electron chi connectivity index (χ3n) is 4.28. The zero-order chi connectivity index (χ0) is 13.2.